The van der Waals surface area contributed by atoms with Gasteiger partial charge in [0.1, 0.15) is 6.26 Å². The van der Waals surface area contributed by atoms with Crippen LogP contribution in [0.5, 0.6) is 0 Å². The molecule has 2 aromatic heterocycles. The number of thiophene rings is 1. The molecule has 0 aromatic carbocycles. The minimum Gasteiger partial charge on any atom is -0.448 e. The second-order valence-corrected chi connectivity index (χ2v) is 5.91. The number of hydrogen-bond acceptors (Lipinski definition) is 5. The zero-order chi connectivity index (χ0) is 13.8. The Morgan fingerprint density at radius 2 is 2.55 bits per heavy atom. The van der Waals surface area contributed by atoms with Gasteiger partial charge in [-0.25, -0.2) is 4.98 Å². The number of hydrogen-bond donors (Lipinski definition) is 2. The van der Waals surface area contributed by atoms with Crippen LogP contribution >= 0.6 is 11.3 Å². The summed E-state index contributed by atoms with van der Waals surface area (Å²) in [5.41, 5.74) is 0.363. The van der Waals surface area contributed by atoms with Crippen molar-refractivity contribution in [2.45, 2.75) is 25.3 Å². The van der Waals surface area contributed by atoms with Crippen LogP contribution in [0.3, 0.4) is 0 Å². The van der Waals surface area contributed by atoms with Crippen LogP contribution in [-0.4, -0.2) is 24.0 Å². The molecule has 6 heteroatoms. The van der Waals surface area contributed by atoms with Crippen molar-refractivity contribution in [3.8, 4) is 0 Å². The van der Waals surface area contributed by atoms with Gasteiger partial charge in [0, 0.05) is 17.3 Å². The van der Waals surface area contributed by atoms with E-state index in [4.69, 9.17) is 4.42 Å². The van der Waals surface area contributed by atoms with Crippen molar-refractivity contribution in [2.24, 2.45) is 0 Å². The highest BCUT2D eigenvalue weighted by Crippen LogP contribution is 2.22. The largest absolute Gasteiger partial charge is 0.448 e. The quantitative estimate of drug-likeness (QED) is 0.905. The Balaban J connectivity index is 1.59. The second-order valence-electron chi connectivity index (χ2n) is 4.88. The Morgan fingerprint density at radius 3 is 3.30 bits per heavy atom. The first-order valence-corrected chi connectivity index (χ1v) is 7.67. The van der Waals surface area contributed by atoms with Gasteiger partial charge in [0.05, 0.1) is 6.54 Å². The summed E-state index contributed by atoms with van der Waals surface area (Å²) in [7, 11) is 0. The third kappa shape index (κ3) is 3.08. The molecule has 3 heterocycles. The fourth-order valence-electron chi connectivity index (χ4n) is 2.31. The topological polar surface area (TPSA) is 67.2 Å². The molecule has 2 N–H and O–H groups in total. The molecule has 1 unspecified atom stereocenters. The van der Waals surface area contributed by atoms with Crippen LogP contribution in [0.1, 0.15) is 40.0 Å². The van der Waals surface area contributed by atoms with Gasteiger partial charge in [-0.2, -0.15) is 0 Å². The van der Waals surface area contributed by atoms with Crippen molar-refractivity contribution >= 4 is 17.2 Å². The third-order valence-electron chi connectivity index (χ3n) is 3.40. The van der Waals surface area contributed by atoms with E-state index in [1.807, 2.05) is 17.5 Å². The van der Waals surface area contributed by atoms with E-state index < -0.39 is 0 Å². The molecule has 0 spiro atoms. The SMILES string of the molecule is O=C(NCc1cccs1)c1coc(C2CCCNC2)n1. The van der Waals surface area contributed by atoms with E-state index in [0.717, 1.165) is 30.8 Å². The number of piperidine rings is 1. The average Bonchev–Trinajstić information content (AvgIpc) is 3.17. The average molecular weight is 291 g/mol. The lowest BCUT2D eigenvalue weighted by Gasteiger charge is -2.19. The molecule has 5 nitrogen and oxygen atoms in total. The number of amides is 1. The Kier molecular flexibility index (Phi) is 4.13. The zero-order valence-corrected chi connectivity index (χ0v) is 11.9. The first-order valence-electron chi connectivity index (χ1n) is 6.79. The minimum atomic E-state index is -0.183. The minimum absolute atomic E-state index is 0.183. The van der Waals surface area contributed by atoms with Gasteiger partial charge in [-0.3, -0.25) is 4.79 Å². The van der Waals surface area contributed by atoms with Gasteiger partial charge in [-0.1, -0.05) is 6.07 Å². The lowest BCUT2D eigenvalue weighted by Crippen LogP contribution is -2.28. The fraction of sp³-hybridized carbons (Fsp3) is 0.429. The molecule has 1 fully saturated rings. The summed E-state index contributed by atoms with van der Waals surface area (Å²) < 4.78 is 5.45. The monoisotopic (exact) mass is 291 g/mol. The van der Waals surface area contributed by atoms with E-state index in [0.29, 0.717) is 18.1 Å². The summed E-state index contributed by atoms with van der Waals surface area (Å²) in [6.45, 7) is 2.45. The number of rotatable bonds is 4. The molecular formula is C14H17N3O2S. The van der Waals surface area contributed by atoms with E-state index in [-0.39, 0.29) is 11.8 Å². The number of carbonyl (C=O) groups excluding carboxylic acids is 1. The van der Waals surface area contributed by atoms with Crippen molar-refractivity contribution in [1.29, 1.82) is 0 Å². The lowest BCUT2D eigenvalue weighted by molar-refractivity contribution is 0.0946. The molecule has 0 aliphatic carbocycles. The molecule has 1 amide bonds. The summed E-state index contributed by atoms with van der Waals surface area (Å²) in [6.07, 6.45) is 3.63. The number of nitrogens with one attached hydrogen (secondary N) is 2. The standard InChI is InChI=1S/C14H17N3O2S/c18-13(16-8-11-4-2-6-20-11)12-9-19-14(17-12)10-3-1-5-15-7-10/h2,4,6,9-10,15H,1,3,5,7-8H2,(H,16,18). The zero-order valence-electron chi connectivity index (χ0n) is 11.1. The van der Waals surface area contributed by atoms with Crippen molar-refractivity contribution < 1.29 is 9.21 Å². The molecule has 1 aliphatic heterocycles. The second kappa shape index (κ2) is 6.19. The fourth-order valence-corrected chi connectivity index (χ4v) is 2.96. The van der Waals surface area contributed by atoms with Crippen LogP contribution in [0, 0.1) is 0 Å². The van der Waals surface area contributed by atoms with E-state index in [1.54, 1.807) is 11.3 Å². The molecule has 0 bridgehead atoms. The molecule has 106 valence electrons. The molecule has 1 atom stereocenters. The van der Waals surface area contributed by atoms with Gasteiger partial charge in [-0.05, 0) is 30.8 Å². The number of oxazole rings is 1. The number of nitrogens with zero attached hydrogens (tertiary/aromatic N) is 1. The highest BCUT2D eigenvalue weighted by molar-refractivity contribution is 7.09. The van der Waals surface area contributed by atoms with E-state index >= 15 is 0 Å². The third-order valence-corrected chi connectivity index (χ3v) is 4.28. The highest BCUT2D eigenvalue weighted by Gasteiger charge is 2.21. The van der Waals surface area contributed by atoms with Crippen LogP contribution < -0.4 is 10.6 Å². The molecule has 2 aromatic rings. The normalized spacial score (nSPS) is 18.9. The van der Waals surface area contributed by atoms with E-state index in [9.17, 15) is 4.79 Å². The van der Waals surface area contributed by atoms with Gasteiger partial charge >= 0.3 is 0 Å². The van der Waals surface area contributed by atoms with Crippen LogP contribution in [0.15, 0.2) is 28.2 Å². The van der Waals surface area contributed by atoms with Gasteiger partial charge < -0.3 is 15.1 Å². The van der Waals surface area contributed by atoms with Crippen molar-refractivity contribution in [3.05, 3.63) is 40.2 Å². The van der Waals surface area contributed by atoms with Crippen molar-refractivity contribution in [2.75, 3.05) is 13.1 Å². The van der Waals surface area contributed by atoms with Crippen molar-refractivity contribution in [3.63, 3.8) is 0 Å². The predicted octanol–water partition coefficient (Wildman–Crippen LogP) is 2.13. The van der Waals surface area contributed by atoms with Gasteiger partial charge in [0.2, 0.25) is 0 Å². The molecule has 20 heavy (non-hydrogen) atoms. The predicted molar refractivity (Wildman–Crippen MR) is 76.8 cm³/mol. The van der Waals surface area contributed by atoms with E-state index in [2.05, 4.69) is 15.6 Å². The Hall–Kier alpha value is -1.66. The van der Waals surface area contributed by atoms with Gasteiger partial charge in [-0.15, -0.1) is 11.3 Å². The molecule has 0 radical (unpaired) electrons. The first-order chi connectivity index (χ1) is 9.83. The van der Waals surface area contributed by atoms with Crippen LogP contribution in [-0.2, 0) is 6.54 Å². The highest BCUT2D eigenvalue weighted by atomic mass is 32.1. The smallest absolute Gasteiger partial charge is 0.273 e. The maximum Gasteiger partial charge on any atom is 0.273 e. The van der Waals surface area contributed by atoms with Crippen molar-refractivity contribution in [1.82, 2.24) is 15.6 Å². The summed E-state index contributed by atoms with van der Waals surface area (Å²) in [6, 6.07) is 3.96. The Bertz CT molecular complexity index is 559. The molecule has 0 saturated carbocycles. The molecule has 1 saturated heterocycles. The maximum atomic E-state index is 12.0. The van der Waals surface area contributed by atoms with Crippen LogP contribution in [0.25, 0.3) is 0 Å². The Labute approximate surface area is 121 Å². The number of aromatic nitrogens is 1. The molecular weight excluding hydrogens is 274 g/mol. The number of carbonyl (C=O) groups is 1. The first kappa shape index (κ1) is 13.3. The summed E-state index contributed by atoms with van der Waals surface area (Å²) >= 11 is 1.62. The summed E-state index contributed by atoms with van der Waals surface area (Å²) in [5, 5.41) is 8.16. The van der Waals surface area contributed by atoms with E-state index in [1.165, 1.54) is 6.26 Å². The summed E-state index contributed by atoms with van der Waals surface area (Å²) in [5.74, 6) is 0.762. The van der Waals surface area contributed by atoms with Gasteiger partial charge in [0.25, 0.3) is 5.91 Å². The summed E-state index contributed by atoms with van der Waals surface area (Å²) in [4.78, 5) is 17.4. The molecule has 3 rings (SSSR count). The van der Waals surface area contributed by atoms with Gasteiger partial charge in [0.15, 0.2) is 11.6 Å². The van der Waals surface area contributed by atoms with Crippen LogP contribution in [0.2, 0.25) is 0 Å². The Morgan fingerprint density at radius 1 is 1.60 bits per heavy atom. The lowest BCUT2D eigenvalue weighted by atomic mass is 10.00. The van der Waals surface area contributed by atoms with Crippen LogP contribution in [0.4, 0.5) is 0 Å². The molecule has 1 aliphatic rings. The maximum absolute atomic E-state index is 12.0.